The molecule has 5 nitrogen and oxygen atoms in total. The largest absolute Gasteiger partial charge is 0.492 e. The van der Waals surface area contributed by atoms with Gasteiger partial charge in [-0.2, -0.15) is 0 Å². The van der Waals surface area contributed by atoms with Crippen LogP contribution in [0, 0.1) is 16.6 Å². The number of hydrogen-bond donors (Lipinski definition) is 3. The molecule has 4 rings (SSSR count). The van der Waals surface area contributed by atoms with Crippen molar-refractivity contribution in [2.24, 2.45) is 11.1 Å². The summed E-state index contributed by atoms with van der Waals surface area (Å²) >= 11 is 0. The van der Waals surface area contributed by atoms with Crippen molar-refractivity contribution in [3.05, 3.63) is 71.2 Å². The van der Waals surface area contributed by atoms with Crippen molar-refractivity contribution in [2.75, 3.05) is 11.9 Å². The minimum atomic E-state index is -0.356. The molecule has 30 heavy (non-hydrogen) atoms. The summed E-state index contributed by atoms with van der Waals surface area (Å²) in [7, 11) is 0. The third-order valence-corrected chi connectivity index (χ3v) is 5.65. The fourth-order valence-electron chi connectivity index (χ4n) is 3.98. The molecule has 1 heterocycles. The normalized spacial score (nSPS) is 18.3. The van der Waals surface area contributed by atoms with Crippen LogP contribution < -0.4 is 15.8 Å². The third kappa shape index (κ3) is 3.73. The van der Waals surface area contributed by atoms with E-state index in [1.807, 2.05) is 12.1 Å². The SMILES string of the molecule is CC(=N)/C(=C(/C)N)c1ccc(NC(=O)/C=C2\c3ccc(F)cc3OCC23CC3)cc1. The Balaban J connectivity index is 1.57. The van der Waals surface area contributed by atoms with Crippen molar-refractivity contribution < 1.29 is 13.9 Å². The number of nitrogens with two attached hydrogens (primary N) is 1. The molecule has 0 aromatic heterocycles. The number of carbonyl (C=O) groups is 1. The lowest BCUT2D eigenvalue weighted by molar-refractivity contribution is -0.111. The highest BCUT2D eigenvalue weighted by Crippen LogP contribution is 2.59. The van der Waals surface area contributed by atoms with E-state index in [-0.39, 0.29) is 17.1 Å². The molecular weight excluding hydrogens is 381 g/mol. The van der Waals surface area contributed by atoms with Crippen LogP contribution in [0.25, 0.3) is 11.1 Å². The van der Waals surface area contributed by atoms with E-state index in [1.54, 1.807) is 38.1 Å². The quantitative estimate of drug-likeness (QED) is 0.507. The van der Waals surface area contributed by atoms with Crippen LogP contribution >= 0.6 is 0 Å². The molecule has 1 fully saturated rings. The Labute approximate surface area is 174 Å². The predicted octanol–water partition coefficient (Wildman–Crippen LogP) is 4.75. The monoisotopic (exact) mass is 405 g/mol. The van der Waals surface area contributed by atoms with Crippen molar-refractivity contribution in [1.29, 1.82) is 5.41 Å². The first kappa shape index (κ1) is 19.9. The van der Waals surface area contributed by atoms with E-state index in [4.69, 9.17) is 15.9 Å². The van der Waals surface area contributed by atoms with Crippen molar-refractivity contribution in [3.8, 4) is 5.75 Å². The Morgan fingerprint density at radius 1 is 1.20 bits per heavy atom. The van der Waals surface area contributed by atoms with Gasteiger partial charge in [-0.05, 0) is 62.1 Å². The average molecular weight is 405 g/mol. The van der Waals surface area contributed by atoms with Crippen LogP contribution in [0.4, 0.5) is 10.1 Å². The fraction of sp³-hybridized carbons (Fsp3) is 0.250. The summed E-state index contributed by atoms with van der Waals surface area (Å²) in [4.78, 5) is 12.7. The molecule has 2 aliphatic rings. The smallest absolute Gasteiger partial charge is 0.248 e. The molecule has 1 saturated carbocycles. The highest BCUT2D eigenvalue weighted by molar-refractivity contribution is 6.21. The Kier molecular flexibility index (Phi) is 4.94. The third-order valence-electron chi connectivity index (χ3n) is 5.65. The summed E-state index contributed by atoms with van der Waals surface area (Å²) in [6.07, 6.45) is 3.51. The molecule has 1 aliphatic heterocycles. The fourth-order valence-corrected chi connectivity index (χ4v) is 3.98. The zero-order valence-electron chi connectivity index (χ0n) is 17.0. The van der Waals surface area contributed by atoms with E-state index in [0.717, 1.165) is 29.5 Å². The topological polar surface area (TPSA) is 88.2 Å². The maximum absolute atomic E-state index is 13.6. The summed E-state index contributed by atoms with van der Waals surface area (Å²) in [6.45, 7) is 3.92. The number of anilines is 1. The Morgan fingerprint density at radius 2 is 1.90 bits per heavy atom. The van der Waals surface area contributed by atoms with E-state index in [1.165, 1.54) is 12.1 Å². The van der Waals surface area contributed by atoms with Gasteiger partial charge in [0, 0.05) is 45.8 Å². The van der Waals surface area contributed by atoms with Gasteiger partial charge >= 0.3 is 0 Å². The molecule has 1 amide bonds. The number of benzene rings is 2. The molecule has 6 heteroatoms. The number of rotatable bonds is 4. The second-order valence-corrected chi connectivity index (χ2v) is 8.02. The van der Waals surface area contributed by atoms with Gasteiger partial charge < -0.3 is 21.2 Å². The molecule has 4 N–H and O–H groups in total. The number of fused-ring (bicyclic) bond motifs is 1. The Morgan fingerprint density at radius 3 is 2.50 bits per heavy atom. The van der Waals surface area contributed by atoms with Gasteiger partial charge in [-0.3, -0.25) is 4.79 Å². The van der Waals surface area contributed by atoms with Gasteiger partial charge in [-0.15, -0.1) is 0 Å². The Bertz CT molecular complexity index is 1090. The molecule has 0 unspecified atom stereocenters. The van der Waals surface area contributed by atoms with E-state index < -0.39 is 0 Å². The summed E-state index contributed by atoms with van der Waals surface area (Å²) in [5.41, 5.74) is 10.6. The number of halogens is 1. The molecule has 0 atom stereocenters. The lowest BCUT2D eigenvalue weighted by Gasteiger charge is -2.28. The number of hydrogen-bond acceptors (Lipinski definition) is 4. The predicted molar refractivity (Wildman–Crippen MR) is 117 cm³/mol. The van der Waals surface area contributed by atoms with Gasteiger partial charge in [-0.1, -0.05) is 12.1 Å². The number of ether oxygens (including phenoxy) is 1. The molecule has 154 valence electrons. The summed E-state index contributed by atoms with van der Waals surface area (Å²) in [6, 6.07) is 11.7. The number of nitrogens with one attached hydrogen (secondary N) is 2. The first-order valence-electron chi connectivity index (χ1n) is 9.87. The maximum atomic E-state index is 13.6. The van der Waals surface area contributed by atoms with E-state index in [9.17, 15) is 9.18 Å². The Hall–Kier alpha value is -3.41. The van der Waals surface area contributed by atoms with Crippen LogP contribution in [0.5, 0.6) is 5.75 Å². The standard InChI is InChI=1S/C24H24FN3O2/c1-14(26)23(15(2)27)16-3-6-18(7-4-16)28-22(29)12-20-19-8-5-17(25)11-21(19)30-13-24(20)9-10-24/h3-8,11-12,26H,9-10,13,27H2,1-2H3,(H,28,29)/b20-12+,23-15+,26-14?. The summed E-state index contributed by atoms with van der Waals surface area (Å²) in [5, 5.41) is 10.8. The molecule has 2 aromatic rings. The van der Waals surface area contributed by atoms with Gasteiger partial charge in [0.25, 0.3) is 0 Å². The van der Waals surface area contributed by atoms with Crippen molar-refractivity contribution in [3.63, 3.8) is 0 Å². The van der Waals surface area contributed by atoms with Crippen LogP contribution in [-0.4, -0.2) is 18.2 Å². The number of amides is 1. The van der Waals surface area contributed by atoms with Crippen LogP contribution in [-0.2, 0) is 4.79 Å². The van der Waals surface area contributed by atoms with E-state index in [0.29, 0.717) is 35.0 Å². The van der Waals surface area contributed by atoms with Gasteiger partial charge in [0.05, 0.1) is 6.61 Å². The van der Waals surface area contributed by atoms with E-state index >= 15 is 0 Å². The van der Waals surface area contributed by atoms with Crippen LogP contribution in [0.2, 0.25) is 0 Å². The van der Waals surface area contributed by atoms with Crippen LogP contribution in [0.15, 0.2) is 54.2 Å². The van der Waals surface area contributed by atoms with Crippen molar-refractivity contribution in [2.45, 2.75) is 26.7 Å². The minimum Gasteiger partial charge on any atom is -0.492 e. The van der Waals surface area contributed by atoms with Gasteiger partial charge in [-0.25, -0.2) is 4.39 Å². The zero-order valence-corrected chi connectivity index (χ0v) is 17.0. The van der Waals surface area contributed by atoms with Gasteiger partial charge in [0.1, 0.15) is 11.6 Å². The maximum Gasteiger partial charge on any atom is 0.248 e. The number of allylic oxidation sites excluding steroid dienone is 2. The second kappa shape index (κ2) is 7.44. The second-order valence-electron chi connectivity index (χ2n) is 8.02. The lowest BCUT2D eigenvalue weighted by Crippen LogP contribution is -2.23. The molecular formula is C24H24FN3O2. The molecule has 0 bridgehead atoms. The van der Waals surface area contributed by atoms with Crippen LogP contribution in [0.3, 0.4) is 0 Å². The van der Waals surface area contributed by atoms with Crippen molar-refractivity contribution in [1.82, 2.24) is 0 Å². The average Bonchev–Trinajstić information content (AvgIpc) is 3.46. The highest BCUT2D eigenvalue weighted by Gasteiger charge is 2.50. The van der Waals surface area contributed by atoms with Crippen LogP contribution in [0.1, 0.15) is 37.8 Å². The van der Waals surface area contributed by atoms with Gasteiger partial charge in [0.2, 0.25) is 5.91 Å². The molecule has 1 aliphatic carbocycles. The summed E-state index contributed by atoms with van der Waals surface area (Å²) < 4.78 is 19.3. The van der Waals surface area contributed by atoms with Gasteiger partial charge in [0.15, 0.2) is 0 Å². The molecule has 1 spiro atoms. The highest BCUT2D eigenvalue weighted by atomic mass is 19.1. The first-order chi connectivity index (χ1) is 14.3. The molecule has 0 saturated heterocycles. The minimum absolute atomic E-state index is 0.147. The van der Waals surface area contributed by atoms with E-state index in [2.05, 4.69) is 5.32 Å². The first-order valence-corrected chi connectivity index (χ1v) is 9.87. The zero-order chi connectivity index (χ0) is 21.5. The van der Waals surface area contributed by atoms with Crippen molar-refractivity contribution >= 4 is 28.5 Å². The number of carbonyl (C=O) groups excluding carboxylic acids is 1. The lowest BCUT2D eigenvalue weighted by atomic mass is 9.87. The molecule has 2 aromatic carbocycles. The molecule has 0 radical (unpaired) electrons. The summed E-state index contributed by atoms with van der Waals surface area (Å²) in [5.74, 6) is -0.115.